The van der Waals surface area contributed by atoms with Crippen LogP contribution in [0.15, 0.2) is 34.3 Å². The van der Waals surface area contributed by atoms with Crippen LogP contribution in [0.4, 0.5) is 5.95 Å². The monoisotopic (exact) mass is 293 g/mol. The normalized spacial score (nSPS) is 10.5. The number of hydrogen-bond donors (Lipinski definition) is 1. The SMILES string of the molecule is CCNc1ncc(Cl)c(Sc2ccc(C)c(C)c2)n1. The second-order valence-corrected chi connectivity index (χ2v) is 5.69. The number of halogens is 1. The molecule has 0 radical (unpaired) electrons. The van der Waals surface area contributed by atoms with E-state index in [1.54, 1.807) is 18.0 Å². The van der Waals surface area contributed by atoms with Gasteiger partial charge in [0, 0.05) is 11.4 Å². The highest BCUT2D eigenvalue weighted by Gasteiger charge is 2.08. The van der Waals surface area contributed by atoms with Gasteiger partial charge in [-0.1, -0.05) is 29.4 Å². The van der Waals surface area contributed by atoms with Crippen LogP contribution in [-0.4, -0.2) is 16.5 Å². The number of nitrogens with one attached hydrogen (secondary N) is 1. The quantitative estimate of drug-likeness (QED) is 0.852. The highest BCUT2D eigenvalue weighted by atomic mass is 35.5. The summed E-state index contributed by atoms with van der Waals surface area (Å²) in [6.07, 6.45) is 1.63. The summed E-state index contributed by atoms with van der Waals surface area (Å²) in [6, 6.07) is 6.34. The van der Waals surface area contributed by atoms with Crippen molar-refractivity contribution in [2.75, 3.05) is 11.9 Å². The summed E-state index contributed by atoms with van der Waals surface area (Å²) in [5.41, 5.74) is 2.55. The number of aromatic nitrogens is 2. The molecular weight excluding hydrogens is 278 g/mol. The van der Waals surface area contributed by atoms with E-state index in [9.17, 15) is 0 Å². The molecule has 0 amide bonds. The predicted molar refractivity (Wildman–Crippen MR) is 81.2 cm³/mol. The van der Waals surface area contributed by atoms with Gasteiger partial charge in [0.1, 0.15) is 5.03 Å². The molecule has 1 N–H and O–H groups in total. The fourth-order valence-corrected chi connectivity index (χ4v) is 2.64. The number of aryl methyl sites for hydroxylation is 2. The Balaban J connectivity index is 2.26. The molecule has 1 aromatic carbocycles. The highest BCUT2D eigenvalue weighted by molar-refractivity contribution is 7.99. The lowest BCUT2D eigenvalue weighted by molar-refractivity contribution is 1.01. The zero-order valence-electron chi connectivity index (χ0n) is 11.2. The molecule has 1 heterocycles. The van der Waals surface area contributed by atoms with E-state index >= 15 is 0 Å². The van der Waals surface area contributed by atoms with Gasteiger partial charge in [0.05, 0.1) is 11.2 Å². The third kappa shape index (κ3) is 3.61. The van der Waals surface area contributed by atoms with Crippen molar-refractivity contribution < 1.29 is 0 Å². The first-order valence-corrected chi connectivity index (χ1v) is 7.31. The van der Waals surface area contributed by atoms with Crippen LogP contribution in [-0.2, 0) is 0 Å². The highest BCUT2D eigenvalue weighted by Crippen LogP contribution is 2.32. The van der Waals surface area contributed by atoms with Crippen LogP contribution in [0.3, 0.4) is 0 Å². The van der Waals surface area contributed by atoms with E-state index in [2.05, 4.69) is 47.3 Å². The predicted octanol–water partition coefficient (Wildman–Crippen LogP) is 4.33. The van der Waals surface area contributed by atoms with Crippen molar-refractivity contribution in [3.8, 4) is 0 Å². The summed E-state index contributed by atoms with van der Waals surface area (Å²) in [5, 5.41) is 4.44. The van der Waals surface area contributed by atoms with Gasteiger partial charge in [-0.05, 0) is 44.0 Å². The van der Waals surface area contributed by atoms with Crippen molar-refractivity contribution in [3.63, 3.8) is 0 Å². The fourth-order valence-electron chi connectivity index (χ4n) is 1.56. The van der Waals surface area contributed by atoms with Crippen LogP contribution in [0.25, 0.3) is 0 Å². The van der Waals surface area contributed by atoms with Crippen LogP contribution in [0.5, 0.6) is 0 Å². The lowest BCUT2D eigenvalue weighted by Crippen LogP contribution is -2.02. The Morgan fingerprint density at radius 1 is 1.26 bits per heavy atom. The molecule has 0 spiro atoms. The molecule has 1 aromatic heterocycles. The molecule has 0 unspecified atom stereocenters. The van der Waals surface area contributed by atoms with Crippen molar-refractivity contribution in [3.05, 3.63) is 40.5 Å². The summed E-state index contributed by atoms with van der Waals surface area (Å²) in [7, 11) is 0. The van der Waals surface area contributed by atoms with Gasteiger partial charge in [-0.3, -0.25) is 0 Å². The standard InChI is InChI=1S/C14H16ClN3S/c1-4-16-14-17-8-12(15)13(18-14)19-11-6-5-9(2)10(3)7-11/h5-8H,4H2,1-3H3,(H,16,17,18). The first-order valence-electron chi connectivity index (χ1n) is 6.11. The lowest BCUT2D eigenvalue weighted by Gasteiger charge is -2.07. The van der Waals surface area contributed by atoms with Crippen molar-refractivity contribution in [1.29, 1.82) is 0 Å². The van der Waals surface area contributed by atoms with Crippen LogP contribution in [0, 0.1) is 13.8 Å². The Hall–Kier alpha value is -1.26. The number of benzene rings is 1. The molecule has 0 bridgehead atoms. The zero-order valence-corrected chi connectivity index (χ0v) is 12.8. The van der Waals surface area contributed by atoms with E-state index in [4.69, 9.17) is 11.6 Å². The Bertz CT molecular complexity index is 587. The second-order valence-electron chi connectivity index (χ2n) is 4.23. The Morgan fingerprint density at radius 2 is 2.05 bits per heavy atom. The molecule has 0 aliphatic rings. The second kappa shape index (κ2) is 6.26. The van der Waals surface area contributed by atoms with E-state index in [1.807, 2.05) is 6.92 Å². The van der Waals surface area contributed by atoms with Gasteiger partial charge in [0.25, 0.3) is 0 Å². The third-order valence-corrected chi connectivity index (χ3v) is 4.12. The van der Waals surface area contributed by atoms with Crippen LogP contribution in [0.1, 0.15) is 18.1 Å². The molecule has 100 valence electrons. The van der Waals surface area contributed by atoms with Crippen molar-refractivity contribution in [1.82, 2.24) is 9.97 Å². The largest absolute Gasteiger partial charge is 0.354 e. The van der Waals surface area contributed by atoms with Gasteiger partial charge in [0.15, 0.2) is 0 Å². The molecule has 0 aliphatic heterocycles. The fraction of sp³-hybridized carbons (Fsp3) is 0.286. The van der Waals surface area contributed by atoms with Crippen LogP contribution in [0.2, 0.25) is 5.02 Å². The smallest absolute Gasteiger partial charge is 0.223 e. The van der Waals surface area contributed by atoms with Crippen molar-refractivity contribution >= 4 is 29.3 Å². The van der Waals surface area contributed by atoms with Crippen LogP contribution >= 0.6 is 23.4 Å². The minimum absolute atomic E-state index is 0.574. The van der Waals surface area contributed by atoms with Gasteiger partial charge in [0.2, 0.25) is 5.95 Å². The summed E-state index contributed by atoms with van der Waals surface area (Å²) >= 11 is 7.70. The molecule has 0 fully saturated rings. The molecule has 2 rings (SSSR count). The average molecular weight is 294 g/mol. The molecule has 19 heavy (non-hydrogen) atoms. The van der Waals surface area contributed by atoms with E-state index in [-0.39, 0.29) is 0 Å². The summed E-state index contributed by atoms with van der Waals surface area (Å²) in [6.45, 7) is 7.00. The zero-order chi connectivity index (χ0) is 13.8. The van der Waals surface area contributed by atoms with Gasteiger partial charge in [-0.15, -0.1) is 0 Å². The summed E-state index contributed by atoms with van der Waals surface area (Å²) in [4.78, 5) is 9.68. The lowest BCUT2D eigenvalue weighted by atomic mass is 10.1. The van der Waals surface area contributed by atoms with E-state index in [0.29, 0.717) is 11.0 Å². The van der Waals surface area contributed by atoms with Crippen LogP contribution < -0.4 is 5.32 Å². The molecule has 0 saturated carbocycles. The molecule has 3 nitrogen and oxygen atoms in total. The number of anilines is 1. The Morgan fingerprint density at radius 3 is 2.74 bits per heavy atom. The number of nitrogens with zero attached hydrogens (tertiary/aromatic N) is 2. The number of hydrogen-bond acceptors (Lipinski definition) is 4. The average Bonchev–Trinajstić information content (AvgIpc) is 2.38. The topological polar surface area (TPSA) is 37.8 Å². The van der Waals surface area contributed by atoms with Gasteiger partial charge in [-0.2, -0.15) is 0 Å². The maximum atomic E-state index is 6.14. The van der Waals surface area contributed by atoms with E-state index in [0.717, 1.165) is 16.5 Å². The first-order chi connectivity index (χ1) is 9.10. The molecule has 0 saturated heterocycles. The maximum Gasteiger partial charge on any atom is 0.223 e. The molecule has 0 aliphatic carbocycles. The van der Waals surface area contributed by atoms with Crippen molar-refractivity contribution in [2.24, 2.45) is 0 Å². The Kier molecular flexibility index (Phi) is 4.66. The van der Waals surface area contributed by atoms with Crippen molar-refractivity contribution in [2.45, 2.75) is 30.7 Å². The molecular formula is C14H16ClN3S. The third-order valence-electron chi connectivity index (χ3n) is 2.74. The van der Waals surface area contributed by atoms with E-state index < -0.39 is 0 Å². The minimum atomic E-state index is 0.574. The summed E-state index contributed by atoms with van der Waals surface area (Å²) in [5.74, 6) is 0.609. The number of rotatable bonds is 4. The summed E-state index contributed by atoms with van der Waals surface area (Å²) < 4.78 is 0. The minimum Gasteiger partial charge on any atom is -0.354 e. The molecule has 2 aromatic rings. The maximum absolute atomic E-state index is 6.14. The molecule has 5 heteroatoms. The van der Waals surface area contributed by atoms with Gasteiger partial charge < -0.3 is 5.32 Å². The Labute approximate surface area is 122 Å². The molecule has 0 atom stereocenters. The van der Waals surface area contributed by atoms with E-state index in [1.165, 1.54) is 11.1 Å². The van der Waals surface area contributed by atoms with Gasteiger partial charge in [-0.25, -0.2) is 9.97 Å². The van der Waals surface area contributed by atoms with Gasteiger partial charge >= 0.3 is 0 Å². The first kappa shape index (κ1) is 14.2.